The fraction of sp³-hybridized carbons (Fsp3) is 0.650. The van der Waals surface area contributed by atoms with Crippen molar-refractivity contribution in [1.29, 1.82) is 0 Å². The average Bonchev–Trinajstić information content (AvgIpc) is 2.61. The Kier molecular flexibility index (Phi) is 10.4. The number of guanidine groups is 1. The highest BCUT2D eigenvalue weighted by Crippen LogP contribution is 2.33. The standard InChI is InChI=1S/C20H31F2N3O2.HI/c1-20(2,3)17-15(8-6-10-26-17)13-25-19(23-4)24-12-14-7-5-9-16(11-14)27-18(21)22;/h5,7,9,11,15,17-18H,6,8,10,12-13H2,1-4H3,(H2,23,24,25);1H. The maximum atomic E-state index is 12.3. The molecule has 2 rings (SSSR count). The molecule has 1 heterocycles. The summed E-state index contributed by atoms with van der Waals surface area (Å²) in [5.74, 6) is 1.24. The van der Waals surface area contributed by atoms with E-state index in [1.807, 2.05) is 6.07 Å². The number of nitrogens with one attached hydrogen (secondary N) is 2. The van der Waals surface area contributed by atoms with E-state index < -0.39 is 6.61 Å². The highest BCUT2D eigenvalue weighted by atomic mass is 127. The topological polar surface area (TPSA) is 54.9 Å². The van der Waals surface area contributed by atoms with Crippen LogP contribution in [-0.4, -0.2) is 38.9 Å². The van der Waals surface area contributed by atoms with Crippen LogP contribution in [0.25, 0.3) is 0 Å². The molecule has 28 heavy (non-hydrogen) atoms. The molecule has 0 aliphatic carbocycles. The number of alkyl halides is 2. The highest BCUT2D eigenvalue weighted by Gasteiger charge is 2.35. The predicted octanol–water partition coefficient (Wildman–Crippen LogP) is 4.41. The summed E-state index contributed by atoms with van der Waals surface area (Å²) >= 11 is 0. The zero-order chi connectivity index (χ0) is 19.9. The van der Waals surface area contributed by atoms with Crippen molar-refractivity contribution in [3.63, 3.8) is 0 Å². The lowest BCUT2D eigenvalue weighted by molar-refractivity contribution is -0.0835. The molecule has 1 fully saturated rings. The van der Waals surface area contributed by atoms with E-state index in [0.29, 0.717) is 18.4 Å². The van der Waals surface area contributed by atoms with Gasteiger partial charge in [-0.25, -0.2) is 0 Å². The summed E-state index contributed by atoms with van der Waals surface area (Å²) in [6.45, 7) is 5.85. The maximum Gasteiger partial charge on any atom is 0.387 e. The quantitative estimate of drug-likeness (QED) is 0.338. The third kappa shape index (κ3) is 8.06. The lowest BCUT2D eigenvalue weighted by Gasteiger charge is -2.40. The van der Waals surface area contributed by atoms with E-state index in [2.05, 4.69) is 41.1 Å². The second kappa shape index (κ2) is 11.7. The van der Waals surface area contributed by atoms with Crippen LogP contribution < -0.4 is 15.4 Å². The molecular formula is C20H32F2IN3O2. The van der Waals surface area contributed by atoms with Gasteiger partial charge in [0.1, 0.15) is 5.75 Å². The van der Waals surface area contributed by atoms with Gasteiger partial charge in [0.25, 0.3) is 0 Å². The smallest absolute Gasteiger partial charge is 0.387 e. The molecule has 0 amide bonds. The SMILES string of the molecule is CN=C(NCc1cccc(OC(F)F)c1)NCC1CCCOC1C(C)(C)C.I. The summed E-state index contributed by atoms with van der Waals surface area (Å²) in [5.41, 5.74) is 0.930. The molecule has 1 aromatic rings. The van der Waals surface area contributed by atoms with Crippen LogP contribution in [0.5, 0.6) is 5.75 Å². The van der Waals surface area contributed by atoms with Crippen LogP contribution in [0.2, 0.25) is 0 Å². The number of aliphatic imine (C=N–C) groups is 1. The molecule has 5 nitrogen and oxygen atoms in total. The second-order valence-corrected chi connectivity index (χ2v) is 7.89. The van der Waals surface area contributed by atoms with Gasteiger partial charge in [-0.2, -0.15) is 8.78 Å². The third-order valence-corrected chi connectivity index (χ3v) is 4.64. The first-order chi connectivity index (χ1) is 12.8. The van der Waals surface area contributed by atoms with Gasteiger partial charge in [0.05, 0.1) is 6.10 Å². The normalized spacial score (nSPS) is 20.5. The fourth-order valence-corrected chi connectivity index (χ4v) is 3.48. The van der Waals surface area contributed by atoms with Crippen LogP contribution in [-0.2, 0) is 11.3 Å². The van der Waals surface area contributed by atoms with Gasteiger partial charge in [-0.3, -0.25) is 4.99 Å². The van der Waals surface area contributed by atoms with Gasteiger partial charge in [0, 0.05) is 32.7 Å². The van der Waals surface area contributed by atoms with E-state index in [1.54, 1.807) is 19.2 Å². The molecule has 0 bridgehead atoms. The first-order valence-electron chi connectivity index (χ1n) is 9.39. The molecule has 0 saturated carbocycles. The van der Waals surface area contributed by atoms with Gasteiger partial charge >= 0.3 is 6.61 Å². The van der Waals surface area contributed by atoms with Crippen LogP contribution in [0.1, 0.15) is 39.2 Å². The van der Waals surface area contributed by atoms with Gasteiger partial charge in [-0.15, -0.1) is 24.0 Å². The van der Waals surface area contributed by atoms with Gasteiger partial charge < -0.3 is 20.1 Å². The second-order valence-electron chi connectivity index (χ2n) is 7.89. The minimum absolute atomic E-state index is 0. The van der Waals surface area contributed by atoms with Gasteiger partial charge in [-0.05, 0) is 36.0 Å². The first-order valence-corrected chi connectivity index (χ1v) is 9.39. The number of rotatable bonds is 6. The van der Waals surface area contributed by atoms with Crippen molar-refractivity contribution in [2.75, 3.05) is 20.2 Å². The van der Waals surface area contributed by atoms with Crippen LogP contribution >= 0.6 is 24.0 Å². The van der Waals surface area contributed by atoms with E-state index in [4.69, 9.17) is 4.74 Å². The summed E-state index contributed by atoms with van der Waals surface area (Å²) in [4.78, 5) is 4.25. The van der Waals surface area contributed by atoms with E-state index in [1.165, 1.54) is 6.07 Å². The van der Waals surface area contributed by atoms with E-state index >= 15 is 0 Å². The van der Waals surface area contributed by atoms with Crippen molar-refractivity contribution >= 4 is 29.9 Å². The van der Waals surface area contributed by atoms with Crippen molar-refractivity contribution in [3.05, 3.63) is 29.8 Å². The van der Waals surface area contributed by atoms with Crippen molar-refractivity contribution in [2.24, 2.45) is 16.3 Å². The molecule has 2 N–H and O–H groups in total. The summed E-state index contributed by atoms with van der Waals surface area (Å²) in [5, 5.41) is 6.58. The first kappa shape index (κ1) is 24.9. The number of hydrogen-bond donors (Lipinski definition) is 2. The molecule has 2 atom stereocenters. The Balaban J connectivity index is 0.00000392. The molecule has 1 aromatic carbocycles. The summed E-state index contributed by atoms with van der Waals surface area (Å²) in [6, 6.07) is 6.65. The zero-order valence-electron chi connectivity index (χ0n) is 17.0. The molecule has 0 spiro atoms. The molecule has 0 aromatic heterocycles. The van der Waals surface area contributed by atoms with Gasteiger partial charge in [-0.1, -0.05) is 32.9 Å². The Labute approximate surface area is 183 Å². The average molecular weight is 511 g/mol. The number of benzene rings is 1. The van der Waals surface area contributed by atoms with Crippen molar-refractivity contribution in [2.45, 2.75) is 52.9 Å². The molecule has 1 saturated heterocycles. The van der Waals surface area contributed by atoms with Gasteiger partial charge in [0.15, 0.2) is 5.96 Å². The zero-order valence-corrected chi connectivity index (χ0v) is 19.3. The van der Waals surface area contributed by atoms with Gasteiger partial charge in [0.2, 0.25) is 0 Å². The monoisotopic (exact) mass is 511 g/mol. The Morgan fingerprint density at radius 3 is 2.71 bits per heavy atom. The lowest BCUT2D eigenvalue weighted by Crippen LogP contribution is -2.47. The van der Waals surface area contributed by atoms with Crippen LogP contribution in [0.15, 0.2) is 29.3 Å². The Morgan fingerprint density at radius 2 is 2.07 bits per heavy atom. The number of ether oxygens (including phenoxy) is 2. The molecular weight excluding hydrogens is 479 g/mol. The minimum Gasteiger partial charge on any atom is -0.435 e. The largest absolute Gasteiger partial charge is 0.435 e. The van der Waals surface area contributed by atoms with Crippen molar-refractivity contribution < 1.29 is 18.3 Å². The van der Waals surface area contributed by atoms with Crippen LogP contribution in [0.3, 0.4) is 0 Å². The molecule has 1 aliphatic heterocycles. The maximum absolute atomic E-state index is 12.3. The third-order valence-electron chi connectivity index (χ3n) is 4.64. The summed E-state index contributed by atoms with van der Waals surface area (Å²) in [6.07, 6.45) is 2.40. The van der Waals surface area contributed by atoms with E-state index in [-0.39, 0.29) is 41.2 Å². The lowest BCUT2D eigenvalue weighted by atomic mass is 9.78. The Bertz CT molecular complexity index is 624. The summed E-state index contributed by atoms with van der Waals surface area (Å²) < 4.78 is 35.1. The van der Waals surface area contributed by atoms with E-state index in [9.17, 15) is 8.78 Å². The molecule has 8 heteroatoms. The predicted molar refractivity (Wildman–Crippen MR) is 119 cm³/mol. The molecule has 2 unspecified atom stereocenters. The molecule has 160 valence electrons. The number of hydrogen-bond acceptors (Lipinski definition) is 3. The highest BCUT2D eigenvalue weighted by molar-refractivity contribution is 14.0. The Hall–Kier alpha value is -1.16. The number of nitrogens with zero attached hydrogens (tertiary/aromatic N) is 1. The summed E-state index contributed by atoms with van der Waals surface area (Å²) in [7, 11) is 1.71. The molecule has 1 aliphatic rings. The van der Waals surface area contributed by atoms with Crippen molar-refractivity contribution in [3.8, 4) is 5.75 Å². The Morgan fingerprint density at radius 1 is 1.32 bits per heavy atom. The molecule has 0 radical (unpaired) electrons. The number of halogens is 3. The van der Waals surface area contributed by atoms with E-state index in [0.717, 1.165) is 31.6 Å². The van der Waals surface area contributed by atoms with Crippen LogP contribution in [0, 0.1) is 11.3 Å². The minimum atomic E-state index is -2.82. The fourth-order valence-electron chi connectivity index (χ4n) is 3.48. The van der Waals surface area contributed by atoms with Crippen molar-refractivity contribution in [1.82, 2.24) is 10.6 Å². The van der Waals surface area contributed by atoms with Crippen LogP contribution in [0.4, 0.5) is 8.78 Å².